The number of aliphatic imine (C=N–C) groups is 1. The van der Waals surface area contributed by atoms with Crippen LogP contribution in [-0.2, 0) is 4.79 Å². The van der Waals surface area contributed by atoms with Gasteiger partial charge in [-0.2, -0.15) is 0 Å². The van der Waals surface area contributed by atoms with Crippen molar-refractivity contribution in [3.05, 3.63) is 56.9 Å². The Morgan fingerprint density at radius 1 is 1.30 bits per heavy atom. The lowest BCUT2D eigenvalue weighted by atomic mass is 10.2. The third-order valence-electron chi connectivity index (χ3n) is 3.58. The fourth-order valence-electron chi connectivity index (χ4n) is 2.25. The number of halogens is 1. The third kappa shape index (κ3) is 4.32. The summed E-state index contributed by atoms with van der Waals surface area (Å²) in [7, 11) is 1.44. The van der Waals surface area contributed by atoms with Crippen LogP contribution in [0.25, 0.3) is 6.08 Å². The highest BCUT2D eigenvalue weighted by atomic mass is 79.9. The number of rotatable bonds is 4. The molecule has 0 radical (unpaired) electrons. The number of methoxy groups -OCH3 is 1. The van der Waals surface area contributed by atoms with Crippen molar-refractivity contribution in [3.8, 4) is 11.5 Å². The van der Waals surface area contributed by atoms with Gasteiger partial charge in [-0.15, -0.1) is 0 Å². The molecule has 2 aromatic carbocycles. The topological polar surface area (TPSA) is 108 Å². The Bertz CT molecular complexity index is 986. The van der Waals surface area contributed by atoms with E-state index < -0.39 is 5.97 Å². The van der Waals surface area contributed by atoms with E-state index in [4.69, 9.17) is 9.84 Å². The molecule has 0 unspecified atom stereocenters. The Balaban J connectivity index is 1.85. The Morgan fingerprint density at radius 3 is 2.63 bits per heavy atom. The van der Waals surface area contributed by atoms with Crippen LogP contribution in [-0.4, -0.2) is 34.4 Å². The molecule has 0 bridgehead atoms. The summed E-state index contributed by atoms with van der Waals surface area (Å²) in [5, 5.41) is 21.7. The van der Waals surface area contributed by atoms with Crippen LogP contribution in [0.4, 0.5) is 5.69 Å². The number of hydrogen-bond acceptors (Lipinski definition) is 6. The van der Waals surface area contributed by atoms with Crippen molar-refractivity contribution in [2.45, 2.75) is 0 Å². The van der Waals surface area contributed by atoms with Gasteiger partial charge in [-0.1, -0.05) is 15.9 Å². The number of amides is 1. The first-order valence-electron chi connectivity index (χ1n) is 7.57. The molecule has 0 aliphatic carbocycles. The van der Waals surface area contributed by atoms with Crippen LogP contribution in [0.5, 0.6) is 11.5 Å². The van der Waals surface area contributed by atoms with Gasteiger partial charge in [0.25, 0.3) is 5.91 Å². The number of carbonyl (C=O) groups is 2. The number of carbonyl (C=O) groups excluding carboxylic acids is 1. The minimum atomic E-state index is -1.02. The molecular weight excluding hydrogens is 436 g/mol. The lowest BCUT2D eigenvalue weighted by Gasteiger charge is -2.06. The Morgan fingerprint density at radius 2 is 2.00 bits per heavy atom. The molecule has 1 heterocycles. The molecule has 138 valence electrons. The molecule has 1 fully saturated rings. The Kier molecular flexibility index (Phi) is 5.52. The minimum absolute atomic E-state index is 0.0119. The van der Waals surface area contributed by atoms with E-state index in [0.717, 1.165) is 11.8 Å². The molecule has 0 aromatic heterocycles. The van der Waals surface area contributed by atoms with E-state index in [2.05, 4.69) is 26.2 Å². The summed E-state index contributed by atoms with van der Waals surface area (Å²) in [6.45, 7) is 0. The molecule has 2 aromatic rings. The van der Waals surface area contributed by atoms with E-state index in [1.165, 1.54) is 25.3 Å². The van der Waals surface area contributed by atoms with Gasteiger partial charge in [-0.3, -0.25) is 4.79 Å². The zero-order chi connectivity index (χ0) is 19.6. The van der Waals surface area contributed by atoms with E-state index in [1.54, 1.807) is 24.3 Å². The van der Waals surface area contributed by atoms with E-state index in [0.29, 0.717) is 31.5 Å². The Labute approximate surface area is 166 Å². The number of benzene rings is 2. The molecule has 1 amide bonds. The van der Waals surface area contributed by atoms with Crippen molar-refractivity contribution in [3.63, 3.8) is 0 Å². The monoisotopic (exact) mass is 448 g/mol. The molecule has 27 heavy (non-hydrogen) atoms. The second kappa shape index (κ2) is 7.85. The van der Waals surface area contributed by atoms with Gasteiger partial charge in [0.05, 0.1) is 23.3 Å². The van der Waals surface area contributed by atoms with Crippen LogP contribution in [0.3, 0.4) is 0 Å². The molecule has 1 aliphatic rings. The molecule has 0 saturated carbocycles. The maximum atomic E-state index is 12.2. The van der Waals surface area contributed by atoms with Crippen molar-refractivity contribution in [1.29, 1.82) is 0 Å². The van der Waals surface area contributed by atoms with Crippen molar-refractivity contribution in [1.82, 2.24) is 5.32 Å². The number of aromatic carboxylic acids is 1. The van der Waals surface area contributed by atoms with Gasteiger partial charge in [-0.05, 0) is 59.8 Å². The number of ether oxygens (including phenoxy) is 1. The van der Waals surface area contributed by atoms with Crippen molar-refractivity contribution in [2.24, 2.45) is 4.99 Å². The maximum absolute atomic E-state index is 12.2. The number of thioether (sulfide) groups is 1. The number of amidine groups is 1. The zero-order valence-corrected chi connectivity index (χ0v) is 16.3. The molecule has 1 aliphatic heterocycles. The predicted octanol–water partition coefficient (Wildman–Crippen LogP) is 3.75. The van der Waals surface area contributed by atoms with E-state index in [1.807, 2.05) is 0 Å². The first-order chi connectivity index (χ1) is 12.9. The lowest BCUT2D eigenvalue weighted by molar-refractivity contribution is -0.115. The fourth-order valence-corrected chi connectivity index (χ4v) is 3.53. The number of carboxylic acid groups (broad SMARTS) is 1. The van der Waals surface area contributed by atoms with Crippen LogP contribution < -0.4 is 10.1 Å². The van der Waals surface area contributed by atoms with Crippen molar-refractivity contribution in [2.75, 3.05) is 7.11 Å². The average molecular weight is 449 g/mol. The number of carboxylic acids is 1. The van der Waals surface area contributed by atoms with Crippen LogP contribution in [0.15, 0.2) is 50.8 Å². The largest absolute Gasteiger partial charge is 0.504 e. The lowest BCUT2D eigenvalue weighted by Crippen LogP contribution is -2.19. The van der Waals surface area contributed by atoms with Gasteiger partial charge in [0, 0.05) is 4.47 Å². The number of hydrogen-bond donors (Lipinski definition) is 3. The predicted molar refractivity (Wildman–Crippen MR) is 107 cm³/mol. The van der Waals surface area contributed by atoms with Crippen molar-refractivity contribution >= 4 is 56.5 Å². The molecule has 0 spiro atoms. The first-order valence-corrected chi connectivity index (χ1v) is 9.18. The number of phenolic OH excluding ortho intramolecular Hbond substituents is 1. The summed E-state index contributed by atoms with van der Waals surface area (Å²) in [5.41, 5.74) is 1.35. The van der Waals surface area contributed by atoms with Gasteiger partial charge >= 0.3 is 5.97 Å². The summed E-state index contributed by atoms with van der Waals surface area (Å²) >= 11 is 4.50. The van der Waals surface area contributed by atoms with E-state index >= 15 is 0 Å². The molecule has 9 heteroatoms. The van der Waals surface area contributed by atoms with Gasteiger partial charge in [0.2, 0.25) is 0 Å². The van der Waals surface area contributed by atoms with Crippen LogP contribution >= 0.6 is 27.7 Å². The molecular formula is C18H13BrN2O5S. The normalized spacial score (nSPS) is 16.6. The van der Waals surface area contributed by atoms with Crippen LogP contribution in [0, 0.1) is 0 Å². The standard InChI is InChI=1S/C18H13BrN2O5S/c1-26-14-6-10(12(19)8-13(14)22)7-15-16(23)21-18(27-15)20-11-4-2-9(3-5-11)17(24)25/h2-8,22H,1H3,(H,24,25)(H,20,21,23). The molecule has 7 nitrogen and oxygen atoms in total. The summed E-state index contributed by atoms with van der Waals surface area (Å²) in [5.74, 6) is -1.04. The number of phenols is 1. The highest BCUT2D eigenvalue weighted by Gasteiger charge is 2.24. The summed E-state index contributed by atoms with van der Waals surface area (Å²) in [6.07, 6.45) is 1.65. The quantitative estimate of drug-likeness (QED) is 0.614. The SMILES string of the molecule is COc1cc(C=C2SC(=Nc3ccc(C(=O)O)cc3)NC2=O)c(Br)cc1O. The summed E-state index contributed by atoms with van der Waals surface area (Å²) in [6, 6.07) is 9.11. The molecule has 1 saturated heterocycles. The number of nitrogens with zero attached hydrogens (tertiary/aromatic N) is 1. The summed E-state index contributed by atoms with van der Waals surface area (Å²) in [4.78, 5) is 27.8. The first kappa shape index (κ1) is 19.0. The van der Waals surface area contributed by atoms with Crippen LogP contribution in [0.2, 0.25) is 0 Å². The second-order valence-electron chi connectivity index (χ2n) is 5.38. The fraction of sp³-hybridized carbons (Fsp3) is 0.0556. The van der Waals surface area contributed by atoms with Gasteiger partial charge < -0.3 is 20.3 Å². The van der Waals surface area contributed by atoms with Gasteiger partial charge in [-0.25, -0.2) is 9.79 Å². The molecule has 3 rings (SSSR count). The van der Waals surface area contributed by atoms with Gasteiger partial charge in [0.15, 0.2) is 16.7 Å². The third-order valence-corrected chi connectivity index (χ3v) is 5.18. The van der Waals surface area contributed by atoms with E-state index in [9.17, 15) is 14.7 Å². The number of nitrogens with one attached hydrogen (secondary N) is 1. The number of aromatic hydroxyl groups is 1. The van der Waals surface area contributed by atoms with E-state index in [-0.39, 0.29) is 17.2 Å². The second-order valence-corrected chi connectivity index (χ2v) is 7.26. The van der Waals surface area contributed by atoms with Crippen LogP contribution in [0.1, 0.15) is 15.9 Å². The van der Waals surface area contributed by atoms with Crippen molar-refractivity contribution < 1.29 is 24.5 Å². The molecule has 3 N–H and O–H groups in total. The van der Waals surface area contributed by atoms with Gasteiger partial charge in [0.1, 0.15) is 0 Å². The summed E-state index contributed by atoms with van der Waals surface area (Å²) < 4.78 is 5.69. The average Bonchev–Trinajstić information content (AvgIpc) is 2.96. The smallest absolute Gasteiger partial charge is 0.335 e. The zero-order valence-electron chi connectivity index (χ0n) is 13.9. The highest BCUT2D eigenvalue weighted by Crippen LogP contribution is 2.35. The minimum Gasteiger partial charge on any atom is -0.504 e. The maximum Gasteiger partial charge on any atom is 0.335 e. The Hall–Kier alpha value is -2.78. The highest BCUT2D eigenvalue weighted by molar-refractivity contribution is 9.10. The molecule has 0 atom stereocenters.